The third-order valence-corrected chi connectivity index (χ3v) is 2.36. The summed E-state index contributed by atoms with van der Waals surface area (Å²) in [6.07, 6.45) is 0.357. The molecule has 2 nitrogen and oxygen atoms in total. The van der Waals surface area contributed by atoms with Crippen LogP contribution in [0.25, 0.3) is 0 Å². The van der Waals surface area contributed by atoms with Crippen molar-refractivity contribution in [3.05, 3.63) is 28.3 Å². The van der Waals surface area contributed by atoms with Gasteiger partial charge >= 0.3 is 0 Å². The van der Waals surface area contributed by atoms with Crippen LogP contribution >= 0.6 is 11.6 Å². The molecule has 0 radical (unpaired) electrons. The van der Waals surface area contributed by atoms with Crippen molar-refractivity contribution < 1.29 is 9.53 Å². The second-order valence-electron chi connectivity index (χ2n) is 3.29. The summed E-state index contributed by atoms with van der Waals surface area (Å²) < 4.78 is 5.15. The Morgan fingerprint density at radius 2 is 2.14 bits per heavy atom. The molecule has 0 aliphatic carbocycles. The van der Waals surface area contributed by atoms with Crippen molar-refractivity contribution in [3.63, 3.8) is 0 Å². The van der Waals surface area contributed by atoms with Crippen molar-refractivity contribution in [2.24, 2.45) is 0 Å². The Morgan fingerprint density at radius 1 is 1.50 bits per heavy atom. The standard InChI is InChI=1S/C11H13ClO2/c1-7-4-10(12)9(5-8(2)13)6-11(7)14-3/h4,6H,5H2,1-3H3. The highest BCUT2D eigenvalue weighted by Crippen LogP contribution is 2.26. The number of carbonyl (C=O) groups is 1. The first-order chi connectivity index (χ1) is 6.54. The van der Waals surface area contributed by atoms with E-state index in [1.54, 1.807) is 14.0 Å². The molecule has 1 rings (SSSR count). The van der Waals surface area contributed by atoms with E-state index in [-0.39, 0.29) is 5.78 Å². The van der Waals surface area contributed by atoms with Gasteiger partial charge in [-0.25, -0.2) is 0 Å². The van der Waals surface area contributed by atoms with E-state index in [0.29, 0.717) is 11.4 Å². The maximum atomic E-state index is 11.0. The van der Waals surface area contributed by atoms with Gasteiger partial charge < -0.3 is 4.74 Å². The summed E-state index contributed by atoms with van der Waals surface area (Å²) in [7, 11) is 1.60. The molecule has 0 atom stereocenters. The van der Waals surface area contributed by atoms with Gasteiger partial charge in [-0.15, -0.1) is 0 Å². The molecule has 0 heterocycles. The number of carbonyl (C=O) groups excluding carboxylic acids is 1. The van der Waals surface area contributed by atoms with E-state index in [1.165, 1.54) is 0 Å². The predicted octanol–water partition coefficient (Wildman–Crippen LogP) is 2.79. The van der Waals surface area contributed by atoms with Crippen LogP contribution in [0.1, 0.15) is 18.1 Å². The van der Waals surface area contributed by atoms with Gasteiger partial charge in [-0.05, 0) is 37.1 Å². The van der Waals surface area contributed by atoms with Crippen LogP contribution in [0.3, 0.4) is 0 Å². The zero-order valence-corrected chi connectivity index (χ0v) is 9.31. The molecule has 14 heavy (non-hydrogen) atoms. The molecule has 0 saturated carbocycles. The molecule has 0 aromatic heterocycles. The Labute approximate surface area is 88.8 Å². The summed E-state index contributed by atoms with van der Waals surface area (Å²) in [6, 6.07) is 3.64. The predicted molar refractivity (Wildman–Crippen MR) is 57.1 cm³/mol. The molecule has 0 spiro atoms. The van der Waals surface area contributed by atoms with Crippen molar-refractivity contribution >= 4 is 17.4 Å². The summed E-state index contributed by atoms with van der Waals surface area (Å²) in [5, 5.41) is 0.624. The van der Waals surface area contributed by atoms with E-state index < -0.39 is 0 Å². The highest BCUT2D eigenvalue weighted by molar-refractivity contribution is 6.31. The van der Waals surface area contributed by atoms with Crippen molar-refractivity contribution in [2.75, 3.05) is 7.11 Å². The summed E-state index contributed by atoms with van der Waals surface area (Å²) in [5.74, 6) is 0.864. The quantitative estimate of drug-likeness (QED) is 0.770. The first-order valence-electron chi connectivity index (χ1n) is 4.37. The monoisotopic (exact) mass is 212 g/mol. The molecule has 76 valence electrons. The van der Waals surface area contributed by atoms with Gasteiger partial charge in [0.1, 0.15) is 11.5 Å². The third kappa shape index (κ3) is 2.48. The minimum Gasteiger partial charge on any atom is -0.496 e. The van der Waals surface area contributed by atoms with Crippen LogP contribution in [0.2, 0.25) is 5.02 Å². The summed E-state index contributed by atoms with van der Waals surface area (Å²) in [4.78, 5) is 11.0. The van der Waals surface area contributed by atoms with E-state index in [0.717, 1.165) is 16.9 Å². The molecule has 0 bridgehead atoms. The van der Waals surface area contributed by atoms with E-state index in [4.69, 9.17) is 16.3 Å². The lowest BCUT2D eigenvalue weighted by atomic mass is 10.1. The smallest absolute Gasteiger partial charge is 0.134 e. The van der Waals surface area contributed by atoms with Gasteiger partial charge in [-0.3, -0.25) is 4.79 Å². The van der Waals surface area contributed by atoms with Crippen LogP contribution in [0.15, 0.2) is 12.1 Å². The van der Waals surface area contributed by atoms with Gasteiger partial charge in [0, 0.05) is 11.4 Å². The number of aryl methyl sites for hydroxylation is 1. The highest BCUT2D eigenvalue weighted by Gasteiger charge is 2.07. The summed E-state index contributed by atoms with van der Waals surface area (Å²) in [6.45, 7) is 3.46. The Morgan fingerprint density at radius 3 is 2.64 bits per heavy atom. The fraction of sp³-hybridized carbons (Fsp3) is 0.364. The topological polar surface area (TPSA) is 26.3 Å². The van der Waals surface area contributed by atoms with Crippen molar-refractivity contribution in [2.45, 2.75) is 20.3 Å². The van der Waals surface area contributed by atoms with Gasteiger partial charge in [-0.2, -0.15) is 0 Å². The Balaban J connectivity index is 3.10. The van der Waals surface area contributed by atoms with Crippen LogP contribution in [0.4, 0.5) is 0 Å². The van der Waals surface area contributed by atoms with Crippen LogP contribution in [0.5, 0.6) is 5.75 Å². The minimum absolute atomic E-state index is 0.0952. The van der Waals surface area contributed by atoms with E-state index in [9.17, 15) is 4.79 Å². The van der Waals surface area contributed by atoms with Crippen molar-refractivity contribution in [1.29, 1.82) is 0 Å². The maximum absolute atomic E-state index is 11.0. The molecule has 1 aromatic carbocycles. The van der Waals surface area contributed by atoms with Crippen molar-refractivity contribution in [1.82, 2.24) is 0 Å². The maximum Gasteiger partial charge on any atom is 0.134 e. The molecular formula is C11H13ClO2. The average Bonchev–Trinajstić information content (AvgIpc) is 2.09. The molecule has 1 aromatic rings. The Bertz CT molecular complexity index is 359. The van der Waals surface area contributed by atoms with Crippen LogP contribution in [-0.2, 0) is 11.2 Å². The van der Waals surface area contributed by atoms with Gasteiger partial charge in [0.15, 0.2) is 0 Å². The molecular weight excluding hydrogens is 200 g/mol. The number of hydrogen-bond donors (Lipinski definition) is 0. The fourth-order valence-corrected chi connectivity index (χ4v) is 1.60. The molecule has 0 amide bonds. The SMILES string of the molecule is COc1cc(CC(C)=O)c(Cl)cc1C. The highest BCUT2D eigenvalue weighted by atomic mass is 35.5. The number of hydrogen-bond acceptors (Lipinski definition) is 2. The lowest BCUT2D eigenvalue weighted by Gasteiger charge is -2.08. The zero-order chi connectivity index (χ0) is 10.7. The van der Waals surface area contributed by atoms with Crippen LogP contribution in [0, 0.1) is 6.92 Å². The summed E-state index contributed by atoms with van der Waals surface area (Å²) in [5.41, 5.74) is 1.80. The summed E-state index contributed by atoms with van der Waals surface area (Å²) >= 11 is 5.99. The van der Waals surface area contributed by atoms with Gasteiger partial charge in [0.2, 0.25) is 0 Å². The van der Waals surface area contributed by atoms with Gasteiger partial charge in [-0.1, -0.05) is 11.6 Å². The first kappa shape index (κ1) is 11.1. The largest absolute Gasteiger partial charge is 0.496 e. The molecule has 0 fully saturated rings. The molecule has 0 aliphatic heterocycles. The Hall–Kier alpha value is -1.02. The first-order valence-corrected chi connectivity index (χ1v) is 4.75. The fourth-order valence-electron chi connectivity index (χ4n) is 1.32. The van der Waals surface area contributed by atoms with Gasteiger partial charge in [0.05, 0.1) is 7.11 Å². The number of halogens is 1. The number of benzene rings is 1. The van der Waals surface area contributed by atoms with Crippen LogP contribution in [-0.4, -0.2) is 12.9 Å². The molecule has 0 N–H and O–H groups in total. The van der Waals surface area contributed by atoms with E-state index in [1.807, 2.05) is 19.1 Å². The number of ether oxygens (including phenoxy) is 1. The third-order valence-electron chi connectivity index (χ3n) is 2.00. The lowest BCUT2D eigenvalue weighted by molar-refractivity contribution is -0.116. The normalized spacial score (nSPS) is 10.0. The van der Waals surface area contributed by atoms with Gasteiger partial charge in [0.25, 0.3) is 0 Å². The molecule has 0 unspecified atom stereocenters. The molecule has 0 saturated heterocycles. The molecule has 0 aliphatic rings. The Kier molecular flexibility index (Phi) is 3.53. The second kappa shape index (κ2) is 4.47. The number of methoxy groups -OCH3 is 1. The van der Waals surface area contributed by atoms with E-state index in [2.05, 4.69) is 0 Å². The lowest BCUT2D eigenvalue weighted by Crippen LogP contribution is -1.99. The minimum atomic E-state index is 0.0952. The zero-order valence-electron chi connectivity index (χ0n) is 8.56. The number of rotatable bonds is 3. The average molecular weight is 213 g/mol. The second-order valence-corrected chi connectivity index (χ2v) is 3.70. The van der Waals surface area contributed by atoms with Crippen molar-refractivity contribution in [3.8, 4) is 5.75 Å². The van der Waals surface area contributed by atoms with Crippen LogP contribution < -0.4 is 4.74 Å². The number of ketones is 1. The number of Topliss-reactive ketones (excluding diaryl/α,β-unsaturated/α-hetero) is 1. The van der Waals surface area contributed by atoms with E-state index >= 15 is 0 Å². The molecule has 3 heteroatoms.